The van der Waals surface area contributed by atoms with E-state index in [-0.39, 0.29) is 14.7 Å². The van der Waals surface area contributed by atoms with Crippen LogP contribution in [0.3, 0.4) is 0 Å². The van der Waals surface area contributed by atoms with E-state index >= 15 is 0 Å². The van der Waals surface area contributed by atoms with E-state index in [4.69, 9.17) is 4.74 Å². The summed E-state index contributed by atoms with van der Waals surface area (Å²) in [5.41, 5.74) is 3.36. The van der Waals surface area contributed by atoms with E-state index in [0.29, 0.717) is 23.1 Å². The molecule has 0 aliphatic heterocycles. The van der Waals surface area contributed by atoms with Crippen molar-refractivity contribution in [3.8, 4) is 0 Å². The fourth-order valence-electron chi connectivity index (χ4n) is 3.48. The summed E-state index contributed by atoms with van der Waals surface area (Å²) in [6.07, 6.45) is 0.363. The molecule has 0 aromatic heterocycles. The van der Waals surface area contributed by atoms with Gasteiger partial charge in [0, 0.05) is 34.7 Å². The lowest BCUT2D eigenvalue weighted by Gasteiger charge is -2.27. The lowest BCUT2D eigenvalue weighted by atomic mass is 9.99. The molecule has 2 amide bonds. The van der Waals surface area contributed by atoms with Crippen molar-refractivity contribution in [2.24, 2.45) is 5.41 Å². The van der Waals surface area contributed by atoms with Gasteiger partial charge >= 0.3 is 0 Å². The van der Waals surface area contributed by atoms with Crippen LogP contribution in [0.1, 0.15) is 45.1 Å². The van der Waals surface area contributed by atoms with E-state index in [1.165, 1.54) is 29.2 Å². The molecule has 3 aromatic rings. The normalized spacial score (nSPS) is 11.6. The maximum Gasteiger partial charge on any atom is 0.254 e. The Morgan fingerprint density at radius 3 is 2.06 bits per heavy atom. The largest absolute Gasteiger partial charge is 0.384 e. The third kappa shape index (κ3) is 9.62. The first-order valence-electron chi connectivity index (χ1n) is 11.9. The summed E-state index contributed by atoms with van der Waals surface area (Å²) >= 11 is 0. The SMILES string of the molecule is COCC(C)(C)C.Cc1ccc(NC(=O)[C@H](Cc2ccccc2)N(C)C(=O)c2ccc(F)cc2)cc1.[HH].[HH]. The van der Waals surface area contributed by atoms with Crippen molar-refractivity contribution in [2.45, 2.75) is 40.2 Å². The van der Waals surface area contributed by atoms with E-state index in [1.807, 2.05) is 61.5 Å². The van der Waals surface area contributed by atoms with Gasteiger partial charge in [-0.05, 0) is 54.3 Å². The molecular formula is C30H41FN2O3. The first-order chi connectivity index (χ1) is 17.0. The molecule has 0 spiro atoms. The highest BCUT2D eigenvalue weighted by atomic mass is 19.1. The van der Waals surface area contributed by atoms with Gasteiger partial charge in [-0.1, -0.05) is 68.8 Å². The number of nitrogens with zero attached hydrogens (tertiary/aromatic N) is 1. The van der Waals surface area contributed by atoms with E-state index < -0.39 is 11.9 Å². The number of aryl methyl sites for hydroxylation is 1. The molecule has 1 atom stereocenters. The Balaban J connectivity index is 0.00000135. The molecule has 0 aliphatic rings. The molecule has 0 aliphatic carbocycles. The molecule has 0 heterocycles. The smallest absolute Gasteiger partial charge is 0.254 e. The lowest BCUT2D eigenvalue weighted by molar-refractivity contribution is -0.120. The Kier molecular flexibility index (Phi) is 10.8. The molecule has 3 aromatic carbocycles. The number of carbonyl (C=O) groups is 2. The molecule has 0 bridgehead atoms. The summed E-state index contributed by atoms with van der Waals surface area (Å²) in [7, 11) is 3.32. The monoisotopic (exact) mass is 496 g/mol. The van der Waals surface area contributed by atoms with Gasteiger partial charge in [0.05, 0.1) is 6.61 Å². The highest BCUT2D eigenvalue weighted by molar-refractivity contribution is 6.01. The second-order valence-electron chi connectivity index (χ2n) is 9.98. The fraction of sp³-hybridized carbons (Fsp3) is 0.333. The molecule has 36 heavy (non-hydrogen) atoms. The standard InChI is InChI=1S/C24H23FN2O2.C6H14O.2H2/c1-17-8-14-21(15-9-17)26-23(28)22(16-18-6-4-3-5-7-18)27(2)24(29)19-10-12-20(25)13-11-19;1-6(2,3)5-7-4;;/h3-15,22H,16H2,1-2H3,(H,26,28);5H2,1-4H3;2*1H/t22-;;;/m0.../s1. The Morgan fingerprint density at radius 1 is 0.972 bits per heavy atom. The molecule has 5 nitrogen and oxygen atoms in total. The van der Waals surface area contributed by atoms with Gasteiger partial charge < -0.3 is 15.0 Å². The number of carbonyl (C=O) groups excluding carboxylic acids is 2. The minimum Gasteiger partial charge on any atom is -0.384 e. The second-order valence-corrected chi connectivity index (χ2v) is 9.98. The maximum absolute atomic E-state index is 13.2. The van der Waals surface area contributed by atoms with Crippen molar-refractivity contribution in [3.63, 3.8) is 0 Å². The number of amides is 2. The van der Waals surface area contributed by atoms with E-state index in [0.717, 1.165) is 17.7 Å². The van der Waals surface area contributed by atoms with Crippen molar-refractivity contribution in [1.82, 2.24) is 4.90 Å². The van der Waals surface area contributed by atoms with Gasteiger partial charge in [0.2, 0.25) is 5.91 Å². The summed E-state index contributed by atoms with van der Waals surface area (Å²) < 4.78 is 18.1. The zero-order valence-electron chi connectivity index (χ0n) is 22.0. The Morgan fingerprint density at radius 2 is 1.56 bits per heavy atom. The second kappa shape index (κ2) is 13.5. The Hall–Kier alpha value is -3.51. The van der Waals surface area contributed by atoms with Crippen LogP contribution in [-0.4, -0.2) is 43.5 Å². The summed E-state index contributed by atoms with van der Waals surface area (Å²) in [4.78, 5) is 27.4. The highest BCUT2D eigenvalue weighted by Gasteiger charge is 2.28. The summed E-state index contributed by atoms with van der Waals surface area (Å²) in [5.74, 6) is -1.04. The molecule has 0 saturated carbocycles. The number of hydrogen-bond acceptors (Lipinski definition) is 3. The summed E-state index contributed by atoms with van der Waals surface area (Å²) in [6.45, 7) is 9.26. The van der Waals surface area contributed by atoms with Crippen molar-refractivity contribution in [1.29, 1.82) is 0 Å². The third-order valence-electron chi connectivity index (χ3n) is 5.35. The molecule has 0 fully saturated rings. The quantitative estimate of drug-likeness (QED) is 0.400. The van der Waals surface area contributed by atoms with Gasteiger partial charge in [-0.2, -0.15) is 0 Å². The van der Waals surface area contributed by atoms with Crippen LogP contribution in [-0.2, 0) is 16.0 Å². The van der Waals surface area contributed by atoms with Crippen LogP contribution >= 0.6 is 0 Å². The number of rotatable bonds is 7. The number of likely N-dealkylation sites (N-methyl/N-ethyl adjacent to an activating group) is 1. The van der Waals surface area contributed by atoms with E-state index in [9.17, 15) is 14.0 Å². The zero-order chi connectivity index (χ0) is 26.7. The van der Waals surface area contributed by atoms with E-state index in [1.54, 1.807) is 14.2 Å². The van der Waals surface area contributed by atoms with Crippen molar-refractivity contribution in [2.75, 3.05) is 26.1 Å². The number of methoxy groups -OCH3 is 1. The minimum atomic E-state index is -0.726. The number of hydrogen-bond donors (Lipinski definition) is 1. The minimum absolute atomic E-state index is 0. The first kappa shape index (κ1) is 28.7. The Bertz CT molecular complexity index is 1100. The molecule has 3 rings (SSSR count). The molecule has 1 N–H and O–H groups in total. The zero-order valence-corrected chi connectivity index (χ0v) is 22.0. The molecule has 196 valence electrons. The fourth-order valence-corrected chi connectivity index (χ4v) is 3.48. The van der Waals surface area contributed by atoms with Gasteiger partial charge in [-0.3, -0.25) is 9.59 Å². The van der Waals surface area contributed by atoms with Crippen LogP contribution in [0.25, 0.3) is 0 Å². The molecular weight excluding hydrogens is 455 g/mol. The van der Waals surface area contributed by atoms with Crippen LogP contribution in [0, 0.1) is 18.2 Å². The van der Waals surface area contributed by atoms with Gasteiger partial charge in [0.25, 0.3) is 5.91 Å². The third-order valence-corrected chi connectivity index (χ3v) is 5.35. The number of ether oxygens (including phenoxy) is 1. The van der Waals surface area contributed by atoms with Gasteiger partial charge in [-0.25, -0.2) is 4.39 Å². The van der Waals surface area contributed by atoms with Crippen LogP contribution in [0.15, 0.2) is 78.9 Å². The number of benzene rings is 3. The number of anilines is 1. The van der Waals surface area contributed by atoms with Crippen LogP contribution in [0.2, 0.25) is 0 Å². The van der Waals surface area contributed by atoms with Crippen LogP contribution in [0.5, 0.6) is 0 Å². The lowest BCUT2D eigenvalue weighted by Crippen LogP contribution is -2.46. The predicted molar refractivity (Wildman–Crippen MR) is 148 cm³/mol. The van der Waals surface area contributed by atoms with Crippen LogP contribution in [0.4, 0.5) is 10.1 Å². The predicted octanol–water partition coefficient (Wildman–Crippen LogP) is 6.63. The highest BCUT2D eigenvalue weighted by Crippen LogP contribution is 2.16. The average Bonchev–Trinajstić information content (AvgIpc) is 2.84. The molecule has 0 saturated heterocycles. The Labute approximate surface area is 217 Å². The summed E-state index contributed by atoms with van der Waals surface area (Å²) in [5, 5.41) is 2.89. The molecule has 6 heteroatoms. The number of halogens is 1. The summed E-state index contributed by atoms with van der Waals surface area (Å²) in [6, 6.07) is 21.6. The van der Waals surface area contributed by atoms with Crippen LogP contribution < -0.4 is 5.32 Å². The average molecular weight is 497 g/mol. The van der Waals surface area contributed by atoms with Gasteiger partial charge in [-0.15, -0.1) is 0 Å². The van der Waals surface area contributed by atoms with Gasteiger partial charge in [0.1, 0.15) is 11.9 Å². The van der Waals surface area contributed by atoms with Crippen molar-refractivity contribution >= 4 is 17.5 Å². The van der Waals surface area contributed by atoms with Gasteiger partial charge in [0.15, 0.2) is 0 Å². The molecule has 0 unspecified atom stereocenters. The molecule has 0 radical (unpaired) electrons. The maximum atomic E-state index is 13.2. The van der Waals surface area contributed by atoms with Crippen molar-refractivity contribution < 1.29 is 21.6 Å². The number of nitrogens with one attached hydrogen (secondary N) is 1. The first-order valence-corrected chi connectivity index (χ1v) is 11.9. The topological polar surface area (TPSA) is 58.6 Å². The van der Waals surface area contributed by atoms with E-state index in [2.05, 4.69) is 26.1 Å². The van der Waals surface area contributed by atoms with Crippen molar-refractivity contribution in [3.05, 3.63) is 101 Å².